The highest BCUT2D eigenvalue weighted by molar-refractivity contribution is 6.19. The first-order valence-electron chi connectivity index (χ1n) is 17.8. The van der Waals surface area contributed by atoms with Gasteiger partial charge in [-0.1, -0.05) is 127 Å². The first-order valence-corrected chi connectivity index (χ1v) is 17.8. The molecule has 248 valence electrons. The van der Waals surface area contributed by atoms with Crippen molar-refractivity contribution < 1.29 is 9.47 Å². The molecule has 0 N–H and O–H groups in total. The largest absolute Gasteiger partial charge is 0.497 e. The zero-order chi connectivity index (χ0) is 34.8. The van der Waals surface area contributed by atoms with E-state index in [0.717, 1.165) is 50.6 Å². The first kappa shape index (κ1) is 30.3. The number of benzene rings is 8. The summed E-state index contributed by atoms with van der Waals surface area (Å²) in [5.41, 5.74) is 12.0. The van der Waals surface area contributed by atoms with Gasteiger partial charge in [-0.05, 0) is 88.7 Å². The highest BCUT2D eigenvalue weighted by Crippen LogP contribution is 2.55. The molecule has 3 heteroatoms. The van der Waals surface area contributed by atoms with Crippen molar-refractivity contribution in [1.82, 2.24) is 0 Å². The van der Waals surface area contributed by atoms with E-state index < -0.39 is 5.60 Å². The molecule has 52 heavy (non-hydrogen) atoms. The van der Waals surface area contributed by atoms with E-state index >= 15 is 0 Å². The number of ether oxygens (including phenoxy) is 2. The van der Waals surface area contributed by atoms with Gasteiger partial charge in [0.25, 0.3) is 0 Å². The van der Waals surface area contributed by atoms with Crippen molar-refractivity contribution in [2.45, 2.75) is 12.5 Å². The van der Waals surface area contributed by atoms with E-state index in [-0.39, 0.29) is 0 Å². The summed E-state index contributed by atoms with van der Waals surface area (Å²) in [4.78, 5) is 2.34. The Labute approximate surface area is 303 Å². The summed E-state index contributed by atoms with van der Waals surface area (Å²) in [5.74, 6) is 1.72. The molecular formula is C49H35NO2. The molecule has 1 aliphatic heterocycles. The van der Waals surface area contributed by atoms with Gasteiger partial charge >= 0.3 is 0 Å². The molecular weight excluding hydrogens is 635 g/mol. The number of fused-ring (bicyclic) bond motifs is 6. The monoisotopic (exact) mass is 669 g/mol. The molecule has 0 aromatic heterocycles. The molecule has 0 fully saturated rings. The van der Waals surface area contributed by atoms with E-state index in [4.69, 9.17) is 9.47 Å². The second-order valence-electron chi connectivity index (χ2n) is 13.6. The zero-order valence-corrected chi connectivity index (χ0v) is 29.0. The summed E-state index contributed by atoms with van der Waals surface area (Å²) in [5, 5.41) is 4.80. The van der Waals surface area contributed by atoms with Gasteiger partial charge < -0.3 is 14.4 Å². The van der Waals surface area contributed by atoms with Gasteiger partial charge in [0.05, 0.1) is 12.8 Å². The van der Waals surface area contributed by atoms with Gasteiger partial charge in [-0.3, -0.25) is 0 Å². The average molecular weight is 670 g/mol. The van der Waals surface area contributed by atoms with Crippen LogP contribution in [-0.4, -0.2) is 7.11 Å². The smallest absolute Gasteiger partial charge is 0.178 e. The Morgan fingerprint density at radius 3 is 1.96 bits per heavy atom. The first-order chi connectivity index (χ1) is 25.6. The summed E-state index contributed by atoms with van der Waals surface area (Å²) >= 11 is 0. The summed E-state index contributed by atoms with van der Waals surface area (Å²) < 4.78 is 13.1. The highest BCUT2D eigenvalue weighted by atomic mass is 16.5. The minimum absolute atomic E-state index is 0.808. The fourth-order valence-corrected chi connectivity index (χ4v) is 8.43. The van der Waals surface area contributed by atoms with E-state index in [2.05, 4.69) is 176 Å². The van der Waals surface area contributed by atoms with Crippen LogP contribution in [0.3, 0.4) is 0 Å². The van der Waals surface area contributed by atoms with E-state index in [0.29, 0.717) is 0 Å². The van der Waals surface area contributed by atoms with Gasteiger partial charge in [0.1, 0.15) is 11.5 Å². The van der Waals surface area contributed by atoms with Gasteiger partial charge in [-0.2, -0.15) is 0 Å². The third kappa shape index (κ3) is 4.46. The molecule has 0 spiro atoms. The Morgan fingerprint density at radius 1 is 0.558 bits per heavy atom. The van der Waals surface area contributed by atoms with E-state index in [1.54, 1.807) is 7.11 Å². The SMILES string of the molecule is COc1ccc(C2(c3ccc(N(c4ccccc4)c4cccc5ccccc45)cc3)C=Cc3c(C)c4c5c(cccc5c3O2)-c2ccccc2-4)cc1. The topological polar surface area (TPSA) is 21.7 Å². The van der Waals surface area contributed by atoms with E-state index in [1.807, 2.05) is 12.1 Å². The van der Waals surface area contributed by atoms with Crippen molar-refractivity contribution in [3.63, 3.8) is 0 Å². The number of nitrogens with zero attached hydrogens (tertiary/aromatic N) is 1. The fraction of sp³-hybridized carbons (Fsp3) is 0.0612. The van der Waals surface area contributed by atoms with Crippen LogP contribution in [0.1, 0.15) is 22.3 Å². The van der Waals surface area contributed by atoms with Crippen LogP contribution in [-0.2, 0) is 5.60 Å². The minimum Gasteiger partial charge on any atom is -0.497 e. The number of para-hydroxylation sites is 1. The Balaban J connectivity index is 1.15. The lowest BCUT2D eigenvalue weighted by atomic mass is 9.82. The standard InChI is InChI=1S/C49H35NO2/c1-32-39-30-31-49(35-24-28-38(51-2)29-25-35,52-48(39)44-20-11-19-43-41-17-8-9-18-42(41)46(32)47(43)44)34-22-26-37(27-23-34)50(36-14-4-3-5-15-36)45-21-10-13-33-12-6-7-16-40(33)45/h3-31H,1-2H3. The number of anilines is 3. The maximum atomic E-state index is 7.48. The molecule has 8 aromatic rings. The number of hydrogen-bond donors (Lipinski definition) is 0. The van der Waals surface area contributed by atoms with Crippen LogP contribution in [0.4, 0.5) is 17.1 Å². The molecule has 1 aliphatic carbocycles. The van der Waals surface area contributed by atoms with Crippen molar-refractivity contribution in [3.8, 4) is 33.8 Å². The van der Waals surface area contributed by atoms with Gasteiger partial charge in [0.15, 0.2) is 5.60 Å². The molecule has 0 radical (unpaired) electrons. The molecule has 1 unspecified atom stereocenters. The average Bonchev–Trinajstić information content (AvgIpc) is 3.56. The van der Waals surface area contributed by atoms with Crippen molar-refractivity contribution in [2.24, 2.45) is 0 Å². The van der Waals surface area contributed by atoms with E-state index in [1.165, 1.54) is 44.0 Å². The predicted molar refractivity (Wildman–Crippen MR) is 215 cm³/mol. The van der Waals surface area contributed by atoms with E-state index in [9.17, 15) is 0 Å². The summed E-state index contributed by atoms with van der Waals surface area (Å²) in [6.45, 7) is 2.24. The van der Waals surface area contributed by atoms with Crippen LogP contribution in [0, 0.1) is 6.92 Å². The number of rotatable bonds is 6. The van der Waals surface area contributed by atoms with Gasteiger partial charge in [0, 0.05) is 44.2 Å². The molecule has 0 saturated heterocycles. The molecule has 3 nitrogen and oxygen atoms in total. The van der Waals surface area contributed by atoms with Crippen LogP contribution in [0.2, 0.25) is 0 Å². The molecule has 1 atom stereocenters. The minimum atomic E-state index is -0.882. The molecule has 0 amide bonds. The van der Waals surface area contributed by atoms with Crippen molar-refractivity contribution in [2.75, 3.05) is 12.0 Å². The predicted octanol–water partition coefficient (Wildman–Crippen LogP) is 12.8. The highest BCUT2D eigenvalue weighted by Gasteiger charge is 2.40. The molecule has 2 aliphatic rings. The van der Waals surface area contributed by atoms with Crippen LogP contribution in [0.15, 0.2) is 170 Å². The Kier molecular flexibility index (Phi) is 6.84. The van der Waals surface area contributed by atoms with Crippen LogP contribution < -0.4 is 14.4 Å². The Morgan fingerprint density at radius 2 is 1.17 bits per heavy atom. The normalized spacial score (nSPS) is 15.3. The summed E-state index contributed by atoms with van der Waals surface area (Å²) in [6.07, 6.45) is 4.52. The Hall–Kier alpha value is -6.58. The third-order valence-corrected chi connectivity index (χ3v) is 10.9. The van der Waals surface area contributed by atoms with Crippen molar-refractivity contribution >= 4 is 44.7 Å². The van der Waals surface area contributed by atoms with Gasteiger partial charge in [0.2, 0.25) is 0 Å². The molecule has 0 bridgehead atoms. The van der Waals surface area contributed by atoms with Gasteiger partial charge in [-0.15, -0.1) is 0 Å². The lowest BCUT2D eigenvalue weighted by Crippen LogP contribution is -2.34. The van der Waals surface area contributed by atoms with Crippen LogP contribution in [0.5, 0.6) is 11.5 Å². The lowest BCUT2D eigenvalue weighted by Gasteiger charge is -2.38. The lowest BCUT2D eigenvalue weighted by molar-refractivity contribution is 0.163. The van der Waals surface area contributed by atoms with Crippen LogP contribution in [0.25, 0.3) is 49.9 Å². The molecule has 0 saturated carbocycles. The summed E-state index contributed by atoms with van der Waals surface area (Å²) in [6, 6.07) is 58.2. The molecule has 1 heterocycles. The Bertz CT molecular complexity index is 2690. The zero-order valence-electron chi connectivity index (χ0n) is 29.0. The number of hydrogen-bond acceptors (Lipinski definition) is 3. The second-order valence-corrected chi connectivity index (χ2v) is 13.6. The number of methoxy groups -OCH3 is 1. The quantitative estimate of drug-likeness (QED) is 0.176. The molecule has 10 rings (SSSR count). The van der Waals surface area contributed by atoms with Crippen molar-refractivity contribution in [3.05, 3.63) is 192 Å². The third-order valence-electron chi connectivity index (χ3n) is 10.9. The second kappa shape index (κ2) is 11.8. The fourth-order valence-electron chi connectivity index (χ4n) is 8.43. The van der Waals surface area contributed by atoms with Crippen LogP contribution >= 0.6 is 0 Å². The van der Waals surface area contributed by atoms with Crippen molar-refractivity contribution in [1.29, 1.82) is 0 Å². The molecule has 8 aromatic carbocycles. The van der Waals surface area contributed by atoms with Gasteiger partial charge in [-0.25, -0.2) is 0 Å². The maximum Gasteiger partial charge on any atom is 0.178 e. The summed E-state index contributed by atoms with van der Waals surface area (Å²) in [7, 11) is 1.70. The maximum absolute atomic E-state index is 7.48.